The Morgan fingerprint density at radius 2 is 2.12 bits per heavy atom. The van der Waals surface area contributed by atoms with E-state index in [-0.39, 0.29) is 11.4 Å². The molecule has 0 bridgehead atoms. The molecule has 1 aromatic heterocycles. The summed E-state index contributed by atoms with van der Waals surface area (Å²) in [5.41, 5.74) is 0.650. The second-order valence-electron chi connectivity index (χ2n) is 4.62. The van der Waals surface area contributed by atoms with E-state index in [4.69, 9.17) is 0 Å². The third kappa shape index (κ3) is 1.61. The highest BCUT2D eigenvalue weighted by molar-refractivity contribution is 5.75. The van der Waals surface area contributed by atoms with Gasteiger partial charge in [-0.05, 0) is 24.6 Å². The SMILES string of the molecule is C[C@@H]1CNC[C@H]1c1nc2c(F)c(F)ccc2[nH]1. The van der Waals surface area contributed by atoms with Gasteiger partial charge in [-0.25, -0.2) is 13.8 Å². The lowest BCUT2D eigenvalue weighted by Crippen LogP contribution is -2.09. The zero-order valence-electron chi connectivity index (χ0n) is 9.43. The number of aromatic amines is 1. The van der Waals surface area contributed by atoms with Gasteiger partial charge in [0, 0.05) is 12.5 Å². The van der Waals surface area contributed by atoms with Crippen LogP contribution in [0.1, 0.15) is 18.7 Å². The highest BCUT2D eigenvalue weighted by Gasteiger charge is 2.27. The molecule has 3 rings (SSSR count). The molecule has 5 heteroatoms. The number of nitrogens with one attached hydrogen (secondary N) is 2. The van der Waals surface area contributed by atoms with Crippen molar-refractivity contribution in [3.8, 4) is 0 Å². The van der Waals surface area contributed by atoms with Crippen molar-refractivity contribution < 1.29 is 8.78 Å². The van der Waals surface area contributed by atoms with Gasteiger partial charge in [-0.2, -0.15) is 0 Å². The third-order valence-electron chi connectivity index (χ3n) is 3.43. The molecule has 1 aromatic carbocycles. The van der Waals surface area contributed by atoms with Gasteiger partial charge in [0.1, 0.15) is 11.3 Å². The molecule has 1 saturated heterocycles. The quantitative estimate of drug-likeness (QED) is 0.798. The molecule has 1 fully saturated rings. The molecule has 3 nitrogen and oxygen atoms in total. The molecule has 0 amide bonds. The van der Waals surface area contributed by atoms with Crippen molar-refractivity contribution >= 4 is 11.0 Å². The highest BCUT2D eigenvalue weighted by Crippen LogP contribution is 2.28. The van der Waals surface area contributed by atoms with E-state index in [1.54, 1.807) is 0 Å². The molecular weight excluding hydrogens is 224 g/mol. The number of rotatable bonds is 1. The molecule has 0 aliphatic carbocycles. The normalized spacial score (nSPS) is 24.6. The summed E-state index contributed by atoms with van der Waals surface area (Å²) in [6, 6.07) is 2.65. The fourth-order valence-corrected chi connectivity index (χ4v) is 2.39. The molecule has 1 aliphatic rings. The Morgan fingerprint density at radius 3 is 2.82 bits per heavy atom. The summed E-state index contributed by atoms with van der Waals surface area (Å²) in [6.07, 6.45) is 0. The predicted molar refractivity (Wildman–Crippen MR) is 60.8 cm³/mol. The first-order valence-corrected chi connectivity index (χ1v) is 5.71. The van der Waals surface area contributed by atoms with Gasteiger partial charge in [0.05, 0.1) is 5.52 Å². The van der Waals surface area contributed by atoms with Crippen LogP contribution < -0.4 is 5.32 Å². The minimum absolute atomic E-state index is 0.0964. The average molecular weight is 237 g/mol. The van der Waals surface area contributed by atoms with Gasteiger partial charge in [-0.1, -0.05) is 6.92 Å². The molecule has 2 atom stereocenters. The van der Waals surface area contributed by atoms with E-state index in [9.17, 15) is 8.78 Å². The minimum Gasteiger partial charge on any atom is -0.342 e. The molecule has 2 N–H and O–H groups in total. The van der Waals surface area contributed by atoms with E-state index >= 15 is 0 Å². The summed E-state index contributed by atoms with van der Waals surface area (Å²) in [4.78, 5) is 7.27. The Hall–Kier alpha value is -1.49. The number of fused-ring (bicyclic) bond motifs is 1. The van der Waals surface area contributed by atoms with Crippen LogP contribution in [0.4, 0.5) is 8.78 Å². The molecule has 17 heavy (non-hydrogen) atoms. The molecule has 0 spiro atoms. The Morgan fingerprint density at radius 1 is 1.29 bits per heavy atom. The van der Waals surface area contributed by atoms with E-state index in [2.05, 4.69) is 22.2 Å². The smallest absolute Gasteiger partial charge is 0.186 e. The molecule has 90 valence electrons. The highest BCUT2D eigenvalue weighted by atomic mass is 19.2. The first kappa shape index (κ1) is 10.7. The van der Waals surface area contributed by atoms with Gasteiger partial charge in [0.15, 0.2) is 11.6 Å². The minimum atomic E-state index is -0.872. The molecule has 0 unspecified atom stereocenters. The van der Waals surface area contributed by atoms with Gasteiger partial charge in [-0.15, -0.1) is 0 Å². The third-order valence-corrected chi connectivity index (χ3v) is 3.43. The number of halogens is 2. The molecule has 0 radical (unpaired) electrons. The lowest BCUT2D eigenvalue weighted by atomic mass is 9.98. The van der Waals surface area contributed by atoms with Crippen LogP contribution in [-0.2, 0) is 0 Å². The first-order valence-electron chi connectivity index (χ1n) is 5.71. The molecule has 0 saturated carbocycles. The van der Waals surface area contributed by atoms with E-state index in [0.29, 0.717) is 11.4 Å². The van der Waals surface area contributed by atoms with Crippen molar-refractivity contribution in [2.45, 2.75) is 12.8 Å². The van der Waals surface area contributed by atoms with Gasteiger partial charge in [0.25, 0.3) is 0 Å². The van der Waals surface area contributed by atoms with Crippen molar-refractivity contribution in [3.63, 3.8) is 0 Å². The van der Waals surface area contributed by atoms with Crippen molar-refractivity contribution in [2.24, 2.45) is 5.92 Å². The Bertz CT molecular complexity index is 564. The summed E-state index contributed by atoms with van der Waals surface area (Å²) in [7, 11) is 0. The standard InChI is InChI=1S/C12H13F2N3/c1-6-4-15-5-7(6)12-16-9-3-2-8(13)10(14)11(9)17-12/h2-3,6-7,15H,4-5H2,1H3,(H,16,17)/t6-,7-/m1/s1. The van der Waals surface area contributed by atoms with Crippen LogP contribution in [-0.4, -0.2) is 23.1 Å². The maximum Gasteiger partial charge on any atom is 0.186 e. The van der Waals surface area contributed by atoms with Crippen LogP contribution in [0.15, 0.2) is 12.1 Å². The van der Waals surface area contributed by atoms with Crippen LogP contribution >= 0.6 is 0 Å². The lowest BCUT2D eigenvalue weighted by molar-refractivity contribution is 0.514. The molecule has 2 heterocycles. The Balaban J connectivity index is 2.10. The van der Waals surface area contributed by atoms with Crippen molar-refractivity contribution in [2.75, 3.05) is 13.1 Å². The Labute approximate surface area is 97.2 Å². The van der Waals surface area contributed by atoms with Crippen LogP contribution in [0, 0.1) is 17.6 Å². The van der Waals surface area contributed by atoms with Gasteiger partial charge < -0.3 is 10.3 Å². The summed E-state index contributed by atoms with van der Waals surface area (Å²) in [6.45, 7) is 3.87. The Kier molecular flexibility index (Phi) is 2.36. The fourth-order valence-electron chi connectivity index (χ4n) is 2.39. The molecule has 2 aromatic rings. The molecule has 1 aliphatic heterocycles. The largest absolute Gasteiger partial charge is 0.342 e. The van der Waals surface area contributed by atoms with Crippen LogP contribution in [0.2, 0.25) is 0 Å². The van der Waals surface area contributed by atoms with Gasteiger partial charge in [-0.3, -0.25) is 0 Å². The zero-order chi connectivity index (χ0) is 12.0. The monoisotopic (exact) mass is 237 g/mol. The van der Waals surface area contributed by atoms with Crippen molar-refractivity contribution in [3.05, 3.63) is 29.6 Å². The summed E-state index contributed by atoms with van der Waals surface area (Å²) in [5.74, 6) is -0.299. The summed E-state index contributed by atoms with van der Waals surface area (Å²) in [5, 5.41) is 3.26. The topological polar surface area (TPSA) is 40.7 Å². The fraction of sp³-hybridized carbons (Fsp3) is 0.417. The number of hydrogen-bond acceptors (Lipinski definition) is 2. The molecular formula is C12H13F2N3. The second kappa shape index (κ2) is 3.77. The van der Waals surface area contributed by atoms with Crippen LogP contribution in [0.5, 0.6) is 0 Å². The van der Waals surface area contributed by atoms with E-state index in [1.165, 1.54) is 6.07 Å². The van der Waals surface area contributed by atoms with Crippen LogP contribution in [0.3, 0.4) is 0 Å². The number of imidazole rings is 1. The average Bonchev–Trinajstić information content (AvgIpc) is 2.89. The van der Waals surface area contributed by atoms with Crippen molar-refractivity contribution in [1.82, 2.24) is 15.3 Å². The van der Waals surface area contributed by atoms with Gasteiger partial charge >= 0.3 is 0 Å². The zero-order valence-corrected chi connectivity index (χ0v) is 9.43. The number of benzene rings is 1. The lowest BCUT2D eigenvalue weighted by Gasteiger charge is -2.09. The first-order chi connectivity index (χ1) is 8.16. The summed E-state index contributed by atoms with van der Waals surface area (Å²) >= 11 is 0. The number of aromatic nitrogens is 2. The number of hydrogen-bond donors (Lipinski definition) is 2. The van der Waals surface area contributed by atoms with E-state index in [1.807, 2.05) is 0 Å². The summed E-state index contributed by atoms with van der Waals surface area (Å²) < 4.78 is 26.6. The predicted octanol–water partition coefficient (Wildman–Crippen LogP) is 2.16. The number of H-pyrrole nitrogens is 1. The number of nitrogens with zero attached hydrogens (tertiary/aromatic N) is 1. The second-order valence-corrected chi connectivity index (χ2v) is 4.62. The van der Waals surface area contributed by atoms with Crippen LogP contribution in [0.25, 0.3) is 11.0 Å². The van der Waals surface area contributed by atoms with Crippen molar-refractivity contribution in [1.29, 1.82) is 0 Å². The van der Waals surface area contributed by atoms with Gasteiger partial charge in [0.2, 0.25) is 0 Å². The van der Waals surface area contributed by atoms with E-state index in [0.717, 1.165) is 25.0 Å². The maximum absolute atomic E-state index is 13.5. The maximum atomic E-state index is 13.5. The van der Waals surface area contributed by atoms with E-state index < -0.39 is 11.6 Å².